The summed E-state index contributed by atoms with van der Waals surface area (Å²) in [4.78, 5) is 0. The predicted octanol–water partition coefficient (Wildman–Crippen LogP) is 3.49. The molecule has 0 saturated carbocycles. The maximum atomic E-state index is 5.88. The summed E-state index contributed by atoms with van der Waals surface area (Å²) in [6, 6.07) is 4.17. The van der Waals surface area contributed by atoms with Crippen molar-refractivity contribution < 1.29 is 0 Å². The zero-order valence-corrected chi connectivity index (χ0v) is 10.1. The summed E-state index contributed by atoms with van der Waals surface area (Å²) in [5.41, 5.74) is 10.4. The fourth-order valence-corrected chi connectivity index (χ4v) is 1.66. The molecule has 0 amide bonds. The highest BCUT2D eigenvalue weighted by Crippen LogP contribution is 2.22. The molecule has 3 N–H and O–H groups in total. The van der Waals surface area contributed by atoms with E-state index in [-0.39, 0.29) is 0 Å². The molecule has 2 heteroatoms. The summed E-state index contributed by atoms with van der Waals surface area (Å²) < 4.78 is 0. The Morgan fingerprint density at radius 3 is 2.53 bits per heavy atom. The molecule has 15 heavy (non-hydrogen) atoms. The third-order valence-electron chi connectivity index (χ3n) is 2.71. The molecule has 0 heterocycles. The van der Waals surface area contributed by atoms with Crippen LogP contribution in [0.3, 0.4) is 0 Å². The van der Waals surface area contributed by atoms with Crippen molar-refractivity contribution in [2.75, 3.05) is 17.6 Å². The zero-order valence-electron chi connectivity index (χ0n) is 10.1. The standard InChI is InChI=1S/C13H22N2/c1-4-5-6-7-15-13-9-12(14)10(2)8-11(13)3/h8-9,15H,4-7,14H2,1-3H3. The summed E-state index contributed by atoms with van der Waals surface area (Å²) >= 11 is 0. The van der Waals surface area contributed by atoms with Gasteiger partial charge in [-0.2, -0.15) is 0 Å². The Hall–Kier alpha value is -1.18. The van der Waals surface area contributed by atoms with Gasteiger partial charge in [-0.25, -0.2) is 0 Å². The van der Waals surface area contributed by atoms with E-state index in [1.165, 1.54) is 30.5 Å². The Kier molecular flexibility index (Phi) is 4.47. The quantitative estimate of drug-likeness (QED) is 0.571. The van der Waals surface area contributed by atoms with Gasteiger partial charge in [-0.05, 0) is 37.5 Å². The van der Waals surface area contributed by atoms with Crippen molar-refractivity contribution in [3.63, 3.8) is 0 Å². The van der Waals surface area contributed by atoms with Gasteiger partial charge in [0.05, 0.1) is 0 Å². The highest BCUT2D eigenvalue weighted by molar-refractivity contribution is 5.62. The SMILES string of the molecule is CCCCCNc1cc(N)c(C)cc1C. The molecule has 0 aliphatic carbocycles. The minimum Gasteiger partial charge on any atom is -0.398 e. The van der Waals surface area contributed by atoms with Crippen LogP contribution in [0.25, 0.3) is 0 Å². The largest absolute Gasteiger partial charge is 0.398 e. The Bertz CT molecular complexity index is 319. The summed E-state index contributed by atoms with van der Waals surface area (Å²) in [5.74, 6) is 0. The Balaban J connectivity index is 2.57. The van der Waals surface area contributed by atoms with Crippen LogP contribution in [-0.2, 0) is 0 Å². The van der Waals surface area contributed by atoms with E-state index in [0.717, 1.165) is 17.8 Å². The van der Waals surface area contributed by atoms with Gasteiger partial charge < -0.3 is 11.1 Å². The van der Waals surface area contributed by atoms with Gasteiger partial charge in [-0.3, -0.25) is 0 Å². The highest BCUT2D eigenvalue weighted by Gasteiger charge is 2.01. The second-order valence-electron chi connectivity index (χ2n) is 4.16. The maximum absolute atomic E-state index is 5.88. The molecule has 1 rings (SSSR count). The molecule has 0 aliphatic heterocycles. The number of hydrogen-bond acceptors (Lipinski definition) is 2. The fourth-order valence-electron chi connectivity index (χ4n) is 1.66. The smallest absolute Gasteiger partial charge is 0.0390 e. The van der Waals surface area contributed by atoms with Gasteiger partial charge in [0.15, 0.2) is 0 Å². The molecular weight excluding hydrogens is 184 g/mol. The first-order valence-corrected chi connectivity index (χ1v) is 5.75. The summed E-state index contributed by atoms with van der Waals surface area (Å²) in [6.07, 6.45) is 3.77. The van der Waals surface area contributed by atoms with Crippen molar-refractivity contribution in [3.05, 3.63) is 23.3 Å². The molecule has 0 atom stereocenters. The number of unbranched alkanes of at least 4 members (excludes halogenated alkanes) is 2. The van der Waals surface area contributed by atoms with Crippen LogP contribution >= 0.6 is 0 Å². The lowest BCUT2D eigenvalue weighted by molar-refractivity contribution is 0.743. The monoisotopic (exact) mass is 206 g/mol. The van der Waals surface area contributed by atoms with E-state index in [0.29, 0.717) is 0 Å². The molecule has 0 bridgehead atoms. The van der Waals surface area contributed by atoms with Gasteiger partial charge in [-0.15, -0.1) is 0 Å². The number of hydrogen-bond donors (Lipinski definition) is 2. The lowest BCUT2D eigenvalue weighted by atomic mass is 10.1. The predicted molar refractivity (Wildman–Crippen MR) is 68.3 cm³/mol. The Morgan fingerprint density at radius 1 is 1.13 bits per heavy atom. The van der Waals surface area contributed by atoms with E-state index in [9.17, 15) is 0 Å². The first-order chi connectivity index (χ1) is 7.15. The molecule has 0 spiro atoms. The third kappa shape index (κ3) is 3.46. The summed E-state index contributed by atoms with van der Waals surface area (Å²) in [7, 11) is 0. The fraction of sp³-hybridized carbons (Fsp3) is 0.538. The third-order valence-corrected chi connectivity index (χ3v) is 2.71. The van der Waals surface area contributed by atoms with Gasteiger partial charge >= 0.3 is 0 Å². The molecule has 0 saturated heterocycles. The summed E-state index contributed by atoms with van der Waals surface area (Å²) in [5, 5.41) is 3.44. The minimum absolute atomic E-state index is 0.874. The molecule has 84 valence electrons. The first-order valence-electron chi connectivity index (χ1n) is 5.75. The van der Waals surface area contributed by atoms with Crippen molar-refractivity contribution in [3.8, 4) is 0 Å². The number of rotatable bonds is 5. The molecule has 0 unspecified atom stereocenters. The van der Waals surface area contributed by atoms with Gasteiger partial charge in [0, 0.05) is 17.9 Å². The Labute approximate surface area is 92.9 Å². The molecule has 0 aliphatic rings. The van der Waals surface area contributed by atoms with Crippen molar-refractivity contribution in [2.24, 2.45) is 0 Å². The average molecular weight is 206 g/mol. The lowest BCUT2D eigenvalue weighted by Crippen LogP contribution is -2.04. The first kappa shape index (κ1) is 11.9. The maximum Gasteiger partial charge on any atom is 0.0390 e. The number of aryl methyl sites for hydroxylation is 2. The van der Waals surface area contributed by atoms with Gasteiger partial charge in [0.2, 0.25) is 0 Å². The topological polar surface area (TPSA) is 38.0 Å². The van der Waals surface area contributed by atoms with Crippen molar-refractivity contribution >= 4 is 11.4 Å². The zero-order chi connectivity index (χ0) is 11.3. The van der Waals surface area contributed by atoms with Crippen LogP contribution in [0.5, 0.6) is 0 Å². The molecular formula is C13H22N2. The van der Waals surface area contributed by atoms with Crippen molar-refractivity contribution in [2.45, 2.75) is 40.0 Å². The summed E-state index contributed by atoms with van der Waals surface area (Å²) in [6.45, 7) is 7.42. The average Bonchev–Trinajstić information content (AvgIpc) is 2.20. The van der Waals surface area contributed by atoms with E-state index in [1.807, 2.05) is 13.0 Å². The van der Waals surface area contributed by atoms with E-state index in [2.05, 4.69) is 25.2 Å². The molecule has 1 aromatic carbocycles. The number of nitrogens with one attached hydrogen (secondary N) is 1. The molecule has 0 fully saturated rings. The lowest BCUT2D eigenvalue weighted by Gasteiger charge is -2.11. The van der Waals surface area contributed by atoms with E-state index in [1.54, 1.807) is 0 Å². The second kappa shape index (κ2) is 5.64. The second-order valence-corrected chi connectivity index (χ2v) is 4.16. The normalized spacial score (nSPS) is 10.3. The van der Waals surface area contributed by atoms with Crippen LogP contribution in [0.1, 0.15) is 37.3 Å². The number of nitrogen functional groups attached to an aromatic ring is 1. The number of anilines is 2. The Morgan fingerprint density at radius 2 is 1.87 bits per heavy atom. The van der Waals surface area contributed by atoms with Crippen LogP contribution in [0.4, 0.5) is 11.4 Å². The van der Waals surface area contributed by atoms with Gasteiger partial charge in [0.25, 0.3) is 0 Å². The van der Waals surface area contributed by atoms with E-state index < -0.39 is 0 Å². The van der Waals surface area contributed by atoms with Gasteiger partial charge in [0.1, 0.15) is 0 Å². The van der Waals surface area contributed by atoms with Crippen molar-refractivity contribution in [1.82, 2.24) is 0 Å². The molecule has 1 aromatic rings. The van der Waals surface area contributed by atoms with Crippen LogP contribution < -0.4 is 11.1 Å². The van der Waals surface area contributed by atoms with Crippen LogP contribution in [0.15, 0.2) is 12.1 Å². The van der Waals surface area contributed by atoms with E-state index >= 15 is 0 Å². The highest BCUT2D eigenvalue weighted by atomic mass is 14.9. The van der Waals surface area contributed by atoms with Crippen LogP contribution in [0.2, 0.25) is 0 Å². The van der Waals surface area contributed by atoms with Crippen molar-refractivity contribution in [1.29, 1.82) is 0 Å². The van der Waals surface area contributed by atoms with E-state index in [4.69, 9.17) is 5.73 Å². The van der Waals surface area contributed by atoms with Crippen LogP contribution in [-0.4, -0.2) is 6.54 Å². The van der Waals surface area contributed by atoms with Gasteiger partial charge in [-0.1, -0.05) is 25.8 Å². The van der Waals surface area contributed by atoms with Crippen LogP contribution in [0, 0.1) is 13.8 Å². The molecule has 2 nitrogen and oxygen atoms in total. The number of nitrogens with two attached hydrogens (primary N) is 1. The molecule has 0 radical (unpaired) electrons. The molecule has 0 aromatic heterocycles. The minimum atomic E-state index is 0.874. The number of benzene rings is 1.